The van der Waals surface area contributed by atoms with Crippen LogP contribution in [-0.4, -0.2) is 23.9 Å². The Hall–Kier alpha value is -0.770. The maximum Gasteiger partial charge on any atom is 0.222 e. The highest BCUT2D eigenvalue weighted by Crippen LogP contribution is 2.26. The van der Waals surface area contributed by atoms with Crippen LogP contribution < -0.4 is 5.73 Å². The molecule has 1 fully saturated rings. The van der Waals surface area contributed by atoms with Gasteiger partial charge < -0.3 is 10.6 Å². The summed E-state index contributed by atoms with van der Waals surface area (Å²) in [6, 6.07) is 7.83. The first-order valence-corrected chi connectivity index (χ1v) is 7.68. The molecule has 1 aliphatic rings. The van der Waals surface area contributed by atoms with Crippen molar-refractivity contribution in [3.63, 3.8) is 0 Å². The van der Waals surface area contributed by atoms with Crippen LogP contribution in [0.25, 0.3) is 0 Å². The Morgan fingerprint density at radius 3 is 2.76 bits per heavy atom. The van der Waals surface area contributed by atoms with E-state index in [-0.39, 0.29) is 24.4 Å². The average molecular weight is 331 g/mol. The standard InChI is InChI=1S/C16H23ClN2O.ClH/c1-19(11-12-5-4-7-14(17)9-12)16(20)10-13-6-2-3-8-15(13)18;/h4-5,7,9,13,15H,2-3,6,8,10-11,18H2,1H3;1H. The third kappa shape index (κ3) is 5.50. The number of carbonyl (C=O) groups is 1. The predicted molar refractivity (Wildman–Crippen MR) is 89.7 cm³/mol. The summed E-state index contributed by atoms with van der Waals surface area (Å²) in [5.41, 5.74) is 7.17. The third-order valence-electron chi connectivity index (χ3n) is 4.14. The van der Waals surface area contributed by atoms with Gasteiger partial charge in [-0.15, -0.1) is 12.4 Å². The van der Waals surface area contributed by atoms with Crippen molar-refractivity contribution in [2.45, 2.75) is 44.7 Å². The van der Waals surface area contributed by atoms with Gasteiger partial charge in [-0.3, -0.25) is 4.79 Å². The summed E-state index contributed by atoms with van der Waals surface area (Å²) < 4.78 is 0. The highest BCUT2D eigenvalue weighted by atomic mass is 35.5. The molecule has 1 aromatic carbocycles. The number of halogens is 2. The maximum atomic E-state index is 12.3. The Bertz CT molecular complexity index is 467. The fraction of sp³-hybridized carbons (Fsp3) is 0.562. The van der Waals surface area contributed by atoms with Crippen molar-refractivity contribution in [3.05, 3.63) is 34.9 Å². The van der Waals surface area contributed by atoms with E-state index in [2.05, 4.69) is 0 Å². The minimum atomic E-state index is 0. The molecule has 5 heteroatoms. The molecule has 0 radical (unpaired) electrons. The van der Waals surface area contributed by atoms with Gasteiger partial charge in [0, 0.05) is 31.1 Å². The molecule has 1 aromatic rings. The lowest BCUT2D eigenvalue weighted by molar-refractivity contribution is -0.131. The first-order chi connectivity index (χ1) is 9.56. The molecule has 0 aromatic heterocycles. The van der Waals surface area contributed by atoms with Crippen LogP contribution in [-0.2, 0) is 11.3 Å². The number of nitrogens with two attached hydrogens (primary N) is 1. The van der Waals surface area contributed by atoms with E-state index in [4.69, 9.17) is 17.3 Å². The molecule has 0 bridgehead atoms. The van der Waals surface area contributed by atoms with Crippen LogP contribution in [0.5, 0.6) is 0 Å². The van der Waals surface area contributed by atoms with Gasteiger partial charge in [0.15, 0.2) is 0 Å². The predicted octanol–water partition coefficient (Wildman–Crippen LogP) is 3.63. The molecule has 1 aliphatic carbocycles. The molecule has 0 saturated heterocycles. The molecule has 1 saturated carbocycles. The van der Waals surface area contributed by atoms with Crippen molar-refractivity contribution < 1.29 is 4.79 Å². The normalized spacial score (nSPS) is 21.5. The number of hydrogen-bond acceptors (Lipinski definition) is 2. The largest absolute Gasteiger partial charge is 0.341 e. The Morgan fingerprint density at radius 1 is 1.38 bits per heavy atom. The van der Waals surface area contributed by atoms with E-state index in [1.807, 2.05) is 31.3 Å². The van der Waals surface area contributed by atoms with Gasteiger partial charge in [0.2, 0.25) is 5.91 Å². The molecular formula is C16H24Cl2N2O. The van der Waals surface area contributed by atoms with Gasteiger partial charge in [-0.25, -0.2) is 0 Å². The number of hydrogen-bond donors (Lipinski definition) is 1. The second-order valence-corrected chi connectivity index (χ2v) is 6.23. The van der Waals surface area contributed by atoms with Crippen LogP contribution >= 0.6 is 24.0 Å². The molecule has 0 heterocycles. The van der Waals surface area contributed by atoms with E-state index in [1.54, 1.807) is 4.90 Å². The lowest BCUT2D eigenvalue weighted by Crippen LogP contribution is -2.37. The first-order valence-electron chi connectivity index (χ1n) is 7.30. The number of amides is 1. The summed E-state index contributed by atoms with van der Waals surface area (Å²) in [5.74, 6) is 0.519. The summed E-state index contributed by atoms with van der Waals surface area (Å²) in [4.78, 5) is 14.1. The first kappa shape index (κ1) is 18.3. The van der Waals surface area contributed by atoms with Crippen molar-refractivity contribution in [1.29, 1.82) is 0 Å². The molecule has 2 N–H and O–H groups in total. The minimum absolute atomic E-state index is 0. The van der Waals surface area contributed by atoms with Crippen LogP contribution in [0.15, 0.2) is 24.3 Å². The maximum absolute atomic E-state index is 12.3. The molecule has 0 aliphatic heterocycles. The van der Waals surface area contributed by atoms with E-state index < -0.39 is 0 Å². The van der Waals surface area contributed by atoms with E-state index in [0.717, 1.165) is 18.4 Å². The van der Waals surface area contributed by atoms with Crippen molar-refractivity contribution in [2.75, 3.05) is 7.05 Å². The topological polar surface area (TPSA) is 46.3 Å². The van der Waals surface area contributed by atoms with E-state index in [0.29, 0.717) is 23.9 Å². The Balaban J connectivity index is 0.00000220. The van der Waals surface area contributed by atoms with Crippen molar-refractivity contribution in [2.24, 2.45) is 11.7 Å². The monoisotopic (exact) mass is 330 g/mol. The molecule has 118 valence electrons. The Morgan fingerprint density at radius 2 is 2.10 bits per heavy atom. The Kier molecular flexibility index (Phi) is 7.50. The van der Waals surface area contributed by atoms with Gasteiger partial charge in [-0.2, -0.15) is 0 Å². The molecule has 3 nitrogen and oxygen atoms in total. The zero-order valence-corrected chi connectivity index (χ0v) is 14.0. The molecule has 2 rings (SSSR count). The number of benzene rings is 1. The number of rotatable bonds is 4. The van der Waals surface area contributed by atoms with Crippen molar-refractivity contribution in [3.8, 4) is 0 Å². The molecule has 1 amide bonds. The highest BCUT2D eigenvalue weighted by Gasteiger charge is 2.25. The lowest BCUT2D eigenvalue weighted by atomic mass is 9.83. The summed E-state index contributed by atoms with van der Waals surface area (Å²) in [5, 5.41) is 0.706. The fourth-order valence-electron chi connectivity index (χ4n) is 2.87. The van der Waals surface area contributed by atoms with Crippen LogP contribution in [0, 0.1) is 5.92 Å². The molecular weight excluding hydrogens is 307 g/mol. The molecule has 0 spiro atoms. The Labute approximate surface area is 138 Å². The van der Waals surface area contributed by atoms with Crippen LogP contribution in [0.3, 0.4) is 0 Å². The van der Waals surface area contributed by atoms with Crippen LogP contribution in [0.4, 0.5) is 0 Å². The van der Waals surface area contributed by atoms with Gasteiger partial charge in [0.05, 0.1) is 0 Å². The zero-order chi connectivity index (χ0) is 14.5. The van der Waals surface area contributed by atoms with Crippen LogP contribution in [0.2, 0.25) is 5.02 Å². The van der Waals surface area contributed by atoms with E-state index in [9.17, 15) is 4.79 Å². The minimum Gasteiger partial charge on any atom is -0.341 e. The van der Waals surface area contributed by atoms with Gasteiger partial charge >= 0.3 is 0 Å². The molecule has 21 heavy (non-hydrogen) atoms. The lowest BCUT2D eigenvalue weighted by Gasteiger charge is -2.29. The second-order valence-electron chi connectivity index (χ2n) is 5.79. The van der Waals surface area contributed by atoms with Gasteiger partial charge in [-0.1, -0.05) is 36.6 Å². The quantitative estimate of drug-likeness (QED) is 0.916. The average Bonchev–Trinajstić information content (AvgIpc) is 2.41. The summed E-state index contributed by atoms with van der Waals surface area (Å²) in [6.07, 6.45) is 5.10. The summed E-state index contributed by atoms with van der Waals surface area (Å²) >= 11 is 5.96. The zero-order valence-electron chi connectivity index (χ0n) is 12.4. The number of nitrogens with zero attached hydrogens (tertiary/aromatic N) is 1. The highest BCUT2D eigenvalue weighted by molar-refractivity contribution is 6.30. The van der Waals surface area contributed by atoms with Crippen molar-refractivity contribution in [1.82, 2.24) is 4.90 Å². The van der Waals surface area contributed by atoms with Gasteiger partial charge in [0.1, 0.15) is 0 Å². The smallest absolute Gasteiger partial charge is 0.222 e. The van der Waals surface area contributed by atoms with Crippen LogP contribution in [0.1, 0.15) is 37.7 Å². The van der Waals surface area contributed by atoms with Crippen molar-refractivity contribution >= 4 is 29.9 Å². The van der Waals surface area contributed by atoms with Gasteiger partial charge in [0.25, 0.3) is 0 Å². The third-order valence-corrected chi connectivity index (χ3v) is 4.37. The van der Waals surface area contributed by atoms with E-state index >= 15 is 0 Å². The molecule has 2 atom stereocenters. The fourth-order valence-corrected chi connectivity index (χ4v) is 3.08. The summed E-state index contributed by atoms with van der Waals surface area (Å²) in [7, 11) is 1.84. The summed E-state index contributed by atoms with van der Waals surface area (Å²) in [6.45, 7) is 0.599. The van der Waals surface area contributed by atoms with Gasteiger partial charge in [-0.05, 0) is 36.5 Å². The number of carbonyl (C=O) groups excluding carboxylic acids is 1. The van der Waals surface area contributed by atoms with E-state index in [1.165, 1.54) is 12.8 Å². The second kappa shape index (κ2) is 8.62. The SMILES string of the molecule is CN(Cc1cccc(Cl)c1)C(=O)CC1CCCCC1N.Cl. The molecule has 2 unspecified atom stereocenters.